The number of hydrogen-bond acceptors (Lipinski definition) is 2. The minimum absolute atomic E-state index is 0.0963. The lowest BCUT2D eigenvalue weighted by molar-refractivity contribution is -0.133. The van der Waals surface area contributed by atoms with Crippen molar-refractivity contribution in [1.82, 2.24) is 10.2 Å². The first-order valence-electron chi connectivity index (χ1n) is 8.04. The van der Waals surface area contributed by atoms with Crippen LogP contribution in [0, 0.1) is 11.8 Å². The highest BCUT2D eigenvalue weighted by molar-refractivity contribution is 5.85. The molecule has 1 aromatic carbocycles. The van der Waals surface area contributed by atoms with E-state index in [-0.39, 0.29) is 24.2 Å². The second-order valence-corrected chi connectivity index (χ2v) is 6.83. The van der Waals surface area contributed by atoms with Crippen molar-refractivity contribution in [3.05, 3.63) is 35.9 Å². The lowest BCUT2D eigenvalue weighted by Crippen LogP contribution is -2.48. The van der Waals surface area contributed by atoms with Gasteiger partial charge in [-0.3, -0.25) is 10.1 Å². The molecule has 1 fully saturated rings. The SMILES string of the molecule is CC(C)C(C)N1C(=O)C(Cc2ccccc2)NC1C(C)C. The van der Waals surface area contributed by atoms with Crippen molar-refractivity contribution in [2.75, 3.05) is 0 Å². The molecular weight excluding hydrogens is 260 g/mol. The number of benzene rings is 1. The molecule has 116 valence electrons. The van der Waals surface area contributed by atoms with Crippen LogP contribution in [0.5, 0.6) is 0 Å². The molecule has 1 N–H and O–H groups in total. The third-order valence-corrected chi connectivity index (χ3v) is 4.54. The van der Waals surface area contributed by atoms with Crippen molar-refractivity contribution < 1.29 is 4.79 Å². The van der Waals surface area contributed by atoms with E-state index >= 15 is 0 Å². The Bertz CT molecular complexity index is 469. The molecule has 1 amide bonds. The minimum atomic E-state index is -0.0963. The van der Waals surface area contributed by atoms with E-state index in [9.17, 15) is 4.79 Å². The molecule has 3 nitrogen and oxygen atoms in total. The molecule has 21 heavy (non-hydrogen) atoms. The van der Waals surface area contributed by atoms with Gasteiger partial charge in [0.05, 0.1) is 12.2 Å². The van der Waals surface area contributed by atoms with Crippen LogP contribution < -0.4 is 5.32 Å². The monoisotopic (exact) mass is 288 g/mol. The quantitative estimate of drug-likeness (QED) is 0.903. The van der Waals surface area contributed by atoms with Crippen LogP contribution in [0.15, 0.2) is 30.3 Å². The third-order valence-electron chi connectivity index (χ3n) is 4.54. The van der Waals surface area contributed by atoms with Gasteiger partial charge in [-0.2, -0.15) is 0 Å². The van der Waals surface area contributed by atoms with Crippen LogP contribution in [0.1, 0.15) is 40.2 Å². The number of nitrogens with one attached hydrogen (secondary N) is 1. The summed E-state index contributed by atoms with van der Waals surface area (Å²) in [4.78, 5) is 14.9. The predicted molar refractivity (Wildman–Crippen MR) is 86.8 cm³/mol. The van der Waals surface area contributed by atoms with E-state index in [1.807, 2.05) is 18.2 Å². The maximum absolute atomic E-state index is 12.8. The van der Waals surface area contributed by atoms with E-state index in [1.54, 1.807) is 0 Å². The smallest absolute Gasteiger partial charge is 0.241 e. The van der Waals surface area contributed by atoms with Crippen molar-refractivity contribution in [3.8, 4) is 0 Å². The fraction of sp³-hybridized carbons (Fsp3) is 0.611. The van der Waals surface area contributed by atoms with Gasteiger partial charge in [-0.25, -0.2) is 0 Å². The Morgan fingerprint density at radius 1 is 1.10 bits per heavy atom. The van der Waals surface area contributed by atoms with E-state index in [0.29, 0.717) is 11.8 Å². The molecule has 0 aliphatic carbocycles. The van der Waals surface area contributed by atoms with Crippen LogP contribution in [-0.2, 0) is 11.2 Å². The van der Waals surface area contributed by atoms with E-state index < -0.39 is 0 Å². The van der Waals surface area contributed by atoms with Gasteiger partial charge >= 0.3 is 0 Å². The molecule has 1 aromatic rings. The van der Waals surface area contributed by atoms with Gasteiger partial charge in [0.1, 0.15) is 0 Å². The maximum atomic E-state index is 12.8. The molecule has 1 saturated heterocycles. The Hall–Kier alpha value is -1.35. The van der Waals surface area contributed by atoms with Gasteiger partial charge in [0.2, 0.25) is 5.91 Å². The van der Waals surface area contributed by atoms with Crippen molar-refractivity contribution in [2.24, 2.45) is 11.8 Å². The summed E-state index contributed by atoms with van der Waals surface area (Å²) in [6, 6.07) is 10.4. The van der Waals surface area contributed by atoms with E-state index in [2.05, 4.69) is 57.0 Å². The maximum Gasteiger partial charge on any atom is 0.241 e. The van der Waals surface area contributed by atoms with Crippen molar-refractivity contribution in [1.29, 1.82) is 0 Å². The molecular formula is C18H28N2O. The second-order valence-electron chi connectivity index (χ2n) is 6.83. The van der Waals surface area contributed by atoms with Crippen LogP contribution in [0.25, 0.3) is 0 Å². The molecule has 1 aliphatic heterocycles. The topological polar surface area (TPSA) is 32.3 Å². The highest BCUT2D eigenvalue weighted by Gasteiger charge is 2.42. The Kier molecular flexibility index (Phi) is 5.04. The summed E-state index contributed by atoms with van der Waals surface area (Å²) in [6.07, 6.45) is 0.910. The molecule has 0 bridgehead atoms. The predicted octanol–water partition coefficient (Wildman–Crippen LogP) is 3.06. The van der Waals surface area contributed by atoms with Crippen LogP contribution >= 0.6 is 0 Å². The Morgan fingerprint density at radius 3 is 2.24 bits per heavy atom. The minimum Gasteiger partial charge on any atom is -0.323 e. The van der Waals surface area contributed by atoms with Crippen molar-refractivity contribution >= 4 is 5.91 Å². The molecule has 0 spiro atoms. The van der Waals surface area contributed by atoms with E-state index in [1.165, 1.54) is 5.56 Å². The molecule has 3 heteroatoms. The number of rotatable bonds is 5. The lowest BCUT2D eigenvalue weighted by atomic mass is 10.0. The molecule has 0 aromatic heterocycles. The lowest BCUT2D eigenvalue weighted by Gasteiger charge is -2.34. The highest BCUT2D eigenvalue weighted by Crippen LogP contribution is 2.25. The normalized spacial score (nSPS) is 24.1. The van der Waals surface area contributed by atoms with Crippen LogP contribution in [0.3, 0.4) is 0 Å². The first-order valence-corrected chi connectivity index (χ1v) is 8.04. The summed E-state index contributed by atoms with van der Waals surface area (Å²) in [5, 5.41) is 3.55. The number of hydrogen-bond donors (Lipinski definition) is 1. The van der Waals surface area contributed by atoms with E-state index in [0.717, 1.165) is 6.42 Å². The number of nitrogens with zero attached hydrogens (tertiary/aromatic N) is 1. The largest absolute Gasteiger partial charge is 0.323 e. The van der Waals surface area contributed by atoms with Gasteiger partial charge < -0.3 is 4.90 Å². The zero-order chi connectivity index (χ0) is 15.6. The molecule has 0 saturated carbocycles. The Balaban J connectivity index is 2.17. The molecule has 1 heterocycles. The summed E-state index contributed by atoms with van der Waals surface area (Å²) >= 11 is 0. The summed E-state index contributed by atoms with van der Waals surface area (Å²) in [5.74, 6) is 1.13. The van der Waals surface area contributed by atoms with Gasteiger partial charge in [0.25, 0.3) is 0 Å². The zero-order valence-electron chi connectivity index (χ0n) is 13.8. The molecule has 2 rings (SSSR count). The molecule has 0 radical (unpaired) electrons. The van der Waals surface area contributed by atoms with E-state index in [4.69, 9.17) is 0 Å². The standard InChI is InChI=1S/C18H28N2O/c1-12(2)14(5)20-17(13(3)4)19-16(18(20)21)11-15-9-7-6-8-10-15/h6-10,12-14,16-17,19H,11H2,1-5H3. The van der Waals surface area contributed by atoms with Gasteiger partial charge in [0, 0.05) is 6.04 Å². The average Bonchev–Trinajstić information content (AvgIpc) is 2.76. The third kappa shape index (κ3) is 3.46. The van der Waals surface area contributed by atoms with Gasteiger partial charge in [-0.05, 0) is 30.7 Å². The fourth-order valence-corrected chi connectivity index (χ4v) is 2.96. The summed E-state index contributed by atoms with van der Waals surface area (Å²) in [7, 11) is 0. The number of carbonyl (C=O) groups excluding carboxylic acids is 1. The fourth-order valence-electron chi connectivity index (χ4n) is 2.96. The molecule has 3 atom stereocenters. The Morgan fingerprint density at radius 2 is 1.71 bits per heavy atom. The first kappa shape index (κ1) is 16.0. The summed E-state index contributed by atoms with van der Waals surface area (Å²) in [6.45, 7) is 10.9. The molecule has 3 unspecified atom stereocenters. The summed E-state index contributed by atoms with van der Waals surface area (Å²) in [5.41, 5.74) is 1.21. The first-order chi connectivity index (χ1) is 9.91. The van der Waals surface area contributed by atoms with Crippen LogP contribution in [0.4, 0.5) is 0 Å². The van der Waals surface area contributed by atoms with Crippen LogP contribution in [0.2, 0.25) is 0 Å². The van der Waals surface area contributed by atoms with Gasteiger partial charge in [-0.15, -0.1) is 0 Å². The van der Waals surface area contributed by atoms with Gasteiger partial charge in [-0.1, -0.05) is 58.0 Å². The van der Waals surface area contributed by atoms with Crippen molar-refractivity contribution in [2.45, 2.75) is 59.3 Å². The van der Waals surface area contributed by atoms with Crippen LogP contribution in [-0.4, -0.2) is 29.1 Å². The zero-order valence-corrected chi connectivity index (χ0v) is 13.8. The average molecular weight is 288 g/mol. The number of amides is 1. The van der Waals surface area contributed by atoms with Gasteiger partial charge in [0.15, 0.2) is 0 Å². The summed E-state index contributed by atoms with van der Waals surface area (Å²) < 4.78 is 0. The second kappa shape index (κ2) is 6.61. The Labute approximate surface area is 128 Å². The highest BCUT2D eigenvalue weighted by atomic mass is 16.2. The number of carbonyl (C=O) groups is 1. The molecule has 1 aliphatic rings. The van der Waals surface area contributed by atoms with Crippen molar-refractivity contribution in [3.63, 3.8) is 0 Å².